The number of aryl methyl sites for hydroxylation is 1. The van der Waals surface area contributed by atoms with Crippen LogP contribution in [0.2, 0.25) is 0 Å². The van der Waals surface area contributed by atoms with E-state index in [0.29, 0.717) is 19.4 Å². The van der Waals surface area contributed by atoms with Crippen LogP contribution in [-0.2, 0) is 22.6 Å². The molecule has 1 atom stereocenters. The molecule has 0 fully saturated rings. The van der Waals surface area contributed by atoms with Crippen LogP contribution < -0.4 is 5.32 Å². The van der Waals surface area contributed by atoms with E-state index in [1.54, 1.807) is 11.8 Å². The standard InChI is InChI=1S/C23H30N2O2/c1-18(22(27)24-23(2,3)4)25(17-20-13-9-6-10-14-20)21(26)16-15-19-11-7-5-8-12-19/h5-14,18H,15-17H2,1-4H3,(H,24,27). The van der Waals surface area contributed by atoms with Crippen molar-refractivity contribution in [3.63, 3.8) is 0 Å². The first-order valence-corrected chi connectivity index (χ1v) is 9.45. The fourth-order valence-corrected chi connectivity index (χ4v) is 2.88. The summed E-state index contributed by atoms with van der Waals surface area (Å²) < 4.78 is 0. The summed E-state index contributed by atoms with van der Waals surface area (Å²) in [6.07, 6.45) is 1.04. The molecule has 0 radical (unpaired) electrons. The van der Waals surface area contributed by atoms with Crippen molar-refractivity contribution in [2.45, 2.75) is 58.7 Å². The normalized spacial score (nSPS) is 12.3. The molecule has 0 spiro atoms. The summed E-state index contributed by atoms with van der Waals surface area (Å²) in [5.74, 6) is -0.147. The van der Waals surface area contributed by atoms with Crippen molar-refractivity contribution < 1.29 is 9.59 Å². The Kier molecular flexibility index (Phi) is 7.17. The van der Waals surface area contributed by atoms with Crippen LogP contribution in [0.25, 0.3) is 0 Å². The summed E-state index contributed by atoms with van der Waals surface area (Å²) in [4.78, 5) is 27.3. The van der Waals surface area contributed by atoms with E-state index in [4.69, 9.17) is 0 Å². The van der Waals surface area contributed by atoms with E-state index >= 15 is 0 Å². The lowest BCUT2D eigenvalue weighted by molar-refractivity contribution is -0.141. The molecule has 0 aromatic heterocycles. The number of carbonyl (C=O) groups excluding carboxylic acids is 2. The lowest BCUT2D eigenvalue weighted by Crippen LogP contribution is -2.52. The summed E-state index contributed by atoms with van der Waals surface area (Å²) >= 11 is 0. The topological polar surface area (TPSA) is 49.4 Å². The first-order chi connectivity index (χ1) is 12.8. The molecule has 0 saturated heterocycles. The fraction of sp³-hybridized carbons (Fsp3) is 0.391. The average molecular weight is 367 g/mol. The number of carbonyl (C=O) groups is 2. The van der Waals surface area contributed by atoms with Gasteiger partial charge in [0.05, 0.1) is 0 Å². The van der Waals surface area contributed by atoms with Crippen LogP contribution >= 0.6 is 0 Å². The predicted octanol–water partition coefficient (Wildman–Crippen LogP) is 3.95. The van der Waals surface area contributed by atoms with Gasteiger partial charge in [-0.05, 0) is 45.2 Å². The molecule has 2 amide bonds. The molecule has 0 bridgehead atoms. The van der Waals surface area contributed by atoms with Crippen molar-refractivity contribution in [1.29, 1.82) is 0 Å². The number of nitrogens with one attached hydrogen (secondary N) is 1. The maximum absolute atomic E-state index is 13.0. The molecule has 4 nitrogen and oxygen atoms in total. The lowest BCUT2D eigenvalue weighted by atomic mass is 10.1. The van der Waals surface area contributed by atoms with Gasteiger partial charge in [-0.2, -0.15) is 0 Å². The monoisotopic (exact) mass is 366 g/mol. The van der Waals surface area contributed by atoms with Crippen molar-refractivity contribution in [1.82, 2.24) is 10.2 Å². The molecule has 144 valence electrons. The Morgan fingerprint density at radius 2 is 1.44 bits per heavy atom. The van der Waals surface area contributed by atoms with Crippen LogP contribution in [-0.4, -0.2) is 28.3 Å². The molecule has 2 rings (SSSR count). The molecule has 2 aromatic carbocycles. The van der Waals surface area contributed by atoms with Gasteiger partial charge in [0.25, 0.3) is 0 Å². The van der Waals surface area contributed by atoms with Crippen LogP contribution in [0.4, 0.5) is 0 Å². The first kappa shape index (κ1) is 20.7. The second-order valence-electron chi connectivity index (χ2n) is 7.91. The van der Waals surface area contributed by atoms with Gasteiger partial charge in [-0.25, -0.2) is 0 Å². The molecule has 0 aliphatic rings. The van der Waals surface area contributed by atoms with Crippen molar-refractivity contribution >= 4 is 11.8 Å². The molecule has 2 aromatic rings. The van der Waals surface area contributed by atoms with Crippen molar-refractivity contribution in [3.05, 3.63) is 71.8 Å². The van der Waals surface area contributed by atoms with Gasteiger partial charge in [0, 0.05) is 18.5 Å². The van der Waals surface area contributed by atoms with Crippen molar-refractivity contribution in [2.75, 3.05) is 0 Å². The highest BCUT2D eigenvalue weighted by atomic mass is 16.2. The Labute approximate surface area is 162 Å². The lowest BCUT2D eigenvalue weighted by Gasteiger charge is -2.31. The minimum atomic E-state index is -0.535. The van der Waals surface area contributed by atoms with E-state index in [9.17, 15) is 9.59 Å². The Hall–Kier alpha value is -2.62. The third-order valence-electron chi connectivity index (χ3n) is 4.33. The molecule has 0 aliphatic heterocycles. The zero-order valence-corrected chi connectivity index (χ0v) is 16.7. The quantitative estimate of drug-likeness (QED) is 0.806. The van der Waals surface area contributed by atoms with E-state index in [0.717, 1.165) is 11.1 Å². The smallest absolute Gasteiger partial charge is 0.242 e. The van der Waals surface area contributed by atoms with Crippen LogP contribution in [0.15, 0.2) is 60.7 Å². The first-order valence-electron chi connectivity index (χ1n) is 9.45. The van der Waals surface area contributed by atoms with Crippen LogP contribution in [0.1, 0.15) is 45.2 Å². The molecule has 27 heavy (non-hydrogen) atoms. The Morgan fingerprint density at radius 3 is 1.96 bits per heavy atom. The molecule has 1 unspecified atom stereocenters. The molecule has 0 heterocycles. The summed E-state index contributed by atoms with van der Waals surface area (Å²) in [6.45, 7) is 8.04. The molecular weight excluding hydrogens is 336 g/mol. The zero-order chi connectivity index (χ0) is 19.9. The predicted molar refractivity (Wildman–Crippen MR) is 109 cm³/mol. The largest absolute Gasteiger partial charge is 0.350 e. The number of hydrogen-bond acceptors (Lipinski definition) is 2. The number of benzene rings is 2. The highest BCUT2D eigenvalue weighted by Gasteiger charge is 2.28. The van der Waals surface area contributed by atoms with Gasteiger partial charge < -0.3 is 10.2 Å². The van der Waals surface area contributed by atoms with Gasteiger partial charge in [0.15, 0.2) is 0 Å². The Morgan fingerprint density at radius 1 is 0.926 bits per heavy atom. The van der Waals surface area contributed by atoms with Gasteiger partial charge >= 0.3 is 0 Å². The molecule has 0 aliphatic carbocycles. The molecule has 4 heteroatoms. The van der Waals surface area contributed by atoms with E-state index in [2.05, 4.69) is 5.32 Å². The van der Waals surface area contributed by atoms with E-state index in [-0.39, 0.29) is 17.4 Å². The second kappa shape index (κ2) is 9.36. The van der Waals surface area contributed by atoms with E-state index < -0.39 is 6.04 Å². The van der Waals surface area contributed by atoms with Crippen molar-refractivity contribution in [2.24, 2.45) is 0 Å². The summed E-state index contributed by atoms with van der Waals surface area (Å²) in [6, 6.07) is 19.2. The number of rotatable bonds is 7. The van der Waals surface area contributed by atoms with E-state index in [1.807, 2.05) is 81.4 Å². The van der Waals surface area contributed by atoms with Crippen molar-refractivity contribution in [3.8, 4) is 0 Å². The van der Waals surface area contributed by atoms with Crippen LogP contribution in [0, 0.1) is 0 Å². The maximum Gasteiger partial charge on any atom is 0.242 e. The molecular formula is C23H30N2O2. The number of hydrogen-bond donors (Lipinski definition) is 1. The van der Waals surface area contributed by atoms with Gasteiger partial charge in [0.1, 0.15) is 6.04 Å². The highest BCUT2D eigenvalue weighted by molar-refractivity contribution is 5.87. The minimum Gasteiger partial charge on any atom is -0.350 e. The van der Waals surface area contributed by atoms with Gasteiger partial charge in [-0.15, -0.1) is 0 Å². The number of nitrogens with zero attached hydrogens (tertiary/aromatic N) is 1. The van der Waals surface area contributed by atoms with Gasteiger partial charge in [-0.3, -0.25) is 9.59 Å². The maximum atomic E-state index is 13.0. The van der Waals surface area contributed by atoms with Gasteiger partial charge in [-0.1, -0.05) is 60.7 Å². The minimum absolute atomic E-state index is 0.0146. The molecule has 1 N–H and O–H groups in total. The number of amides is 2. The second-order valence-corrected chi connectivity index (χ2v) is 7.91. The van der Waals surface area contributed by atoms with Crippen LogP contribution in [0.3, 0.4) is 0 Å². The summed E-state index contributed by atoms with van der Waals surface area (Å²) in [5, 5.41) is 2.98. The summed E-state index contributed by atoms with van der Waals surface area (Å²) in [5.41, 5.74) is 1.80. The summed E-state index contributed by atoms with van der Waals surface area (Å²) in [7, 11) is 0. The van der Waals surface area contributed by atoms with E-state index in [1.165, 1.54) is 0 Å². The average Bonchev–Trinajstić information content (AvgIpc) is 2.64. The SMILES string of the molecule is CC(C(=O)NC(C)(C)C)N(Cc1ccccc1)C(=O)CCc1ccccc1. The fourth-order valence-electron chi connectivity index (χ4n) is 2.88. The zero-order valence-electron chi connectivity index (χ0n) is 16.7. The third kappa shape index (κ3) is 6.89. The molecule has 0 saturated carbocycles. The highest BCUT2D eigenvalue weighted by Crippen LogP contribution is 2.14. The van der Waals surface area contributed by atoms with Gasteiger partial charge in [0.2, 0.25) is 11.8 Å². The van der Waals surface area contributed by atoms with Crippen LogP contribution in [0.5, 0.6) is 0 Å². The Bertz CT molecular complexity index is 736. The Balaban J connectivity index is 2.12. The third-order valence-corrected chi connectivity index (χ3v) is 4.33.